The maximum Gasteiger partial charge on any atom is 0.228 e. The van der Waals surface area contributed by atoms with Crippen molar-refractivity contribution in [3.8, 4) is 0 Å². The summed E-state index contributed by atoms with van der Waals surface area (Å²) in [5.74, 6) is 1.36. The molecule has 1 spiro atoms. The molecule has 3 fully saturated rings. The highest BCUT2D eigenvalue weighted by atomic mass is 32.1. The average molecular weight is 343 g/mol. The summed E-state index contributed by atoms with van der Waals surface area (Å²) >= 11 is 1.80. The first kappa shape index (κ1) is 15.0. The van der Waals surface area contributed by atoms with Gasteiger partial charge >= 0.3 is 0 Å². The van der Waals surface area contributed by atoms with Crippen molar-refractivity contribution in [3.63, 3.8) is 0 Å². The number of carbonyl (C=O) groups excluding carboxylic acids is 1. The zero-order chi connectivity index (χ0) is 16.3. The van der Waals surface area contributed by atoms with Crippen LogP contribution in [0.1, 0.15) is 60.9 Å². The summed E-state index contributed by atoms with van der Waals surface area (Å²) in [4.78, 5) is 14.1. The zero-order valence-corrected chi connectivity index (χ0v) is 15.1. The maximum absolute atomic E-state index is 12.6. The predicted octanol–water partition coefficient (Wildman–Crippen LogP) is 4.34. The van der Waals surface area contributed by atoms with Gasteiger partial charge in [-0.2, -0.15) is 0 Å². The Hall–Kier alpha value is -1.29. The second-order valence-corrected chi connectivity index (χ2v) is 9.43. The molecule has 3 saturated carbocycles. The minimum absolute atomic E-state index is 0.252. The number of aryl methyl sites for hydroxylation is 1. The van der Waals surface area contributed by atoms with E-state index in [1.54, 1.807) is 11.3 Å². The third-order valence-electron chi connectivity index (χ3n) is 6.41. The van der Waals surface area contributed by atoms with Gasteiger partial charge in [0.1, 0.15) is 5.00 Å². The number of nitrogens with one attached hydrogen (secondary N) is 2. The quantitative estimate of drug-likeness (QED) is 0.807. The summed E-state index contributed by atoms with van der Waals surface area (Å²) in [5, 5.41) is 7.89. The monoisotopic (exact) mass is 342 g/mol. The first-order valence-corrected chi connectivity index (χ1v) is 10.4. The lowest BCUT2D eigenvalue weighted by Gasteiger charge is -2.16. The van der Waals surface area contributed by atoms with Crippen LogP contribution >= 0.6 is 11.3 Å². The fourth-order valence-corrected chi connectivity index (χ4v) is 5.60. The van der Waals surface area contributed by atoms with Crippen LogP contribution in [0.15, 0.2) is 6.58 Å². The van der Waals surface area contributed by atoms with Crippen LogP contribution in [0.5, 0.6) is 0 Å². The number of thiophene rings is 1. The molecule has 3 nitrogen and oxygen atoms in total. The molecular formula is C20H26N2OS. The lowest BCUT2D eigenvalue weighted by Crippen LogP contribution is -2.19. The van der Waals surface area contributed by atoms with Crippen molar-refractivity contribution in [1.82, 2.24) is 5.32 Å². The van der Waals surface area contributed by atoms with Crippen molar-refractivity contribution in [1.29, 1.82) is 0 Å². The first-order chi connectivity index (χ1) is 11.7. The second kappa shape index (κ2) is 5.35. The molecule has 0 saturated heterocycles. The Morgan fingerprint density at radius 2 is 2.04 bits per heavy atom. The van der Waals surface area contributed by atoms with Crippen molar-refractivity contribution in [2.75, 3.05) is 11.9 Å². The van der Waals surface area contributed by atoms with E-state index in [2.05, 4.69) is 17.2 Å². The Morgan fingerprint density at radius 3 is 2.75 bits per heavy atom. The molecule has 1 unspecified atom stereocenters. The van der Waals surface area contributed by atoms with Gasteiger partial charge in [-0.05, 0) is 74.7 Å². The number of fused-ring (bicyclic) bond motifs is 1. The Kier molecular flexibility index (Phi) is 3.35. The minimum Gasteiger partial charge on any atom is -0.385 e. The zero-order valence-electron chi connectivity index (χ0n) is 14.2. The van der Waals surface area contributed by atoms with Crippen molar-refractivity contribution >= 4 is 27.9 Å². The topological polar surface area (TPSA) is 41.1 Å². The molecular weight excluding hydrogens is 316 g/mol. The summed E-state index contributed by atoms with van der Waals surface area (Å²) in [6.45, 7) is 5.35. The predicted molar refractivity (Wildman–Crippen MR) is 99.1 cm³/mol. The molecule has 0 radical (unpaired) electrons. The number of anilines is 1. The van der Waals surface area contributed by atoms with Crippen LogP contribution in [0, 0.1) is 17.3 Å². The van der Waals surface area contributed by atoms with E-state index in [4.69, 9.17) is 0 Å². The molecule has 1 aromatic rings. The summed E-state index contributed by atoms with van der Waals surface area (Å²) in [7, 11) is 0. The van der Waals surface area contributed by atoms with E-state index in [-0.39, 0.29) is 11.8 Å². The maximum atomic E-state index is 12.6. The van der Waals surface area contributed by atoms with Crippen molar-refractivity contribution in [2.45, 2.75) is 57.8 Å². The highest BCUT2D eigenvalue weighted by molar-refractivity contribution is 7.16. The van der Waals surface area contributed by atoms with Gasteiger partial charge in [0.2, 0.25) is 5.91 Å². The lowest BCUT2D eigenvalue weighted by molar-refractivity contribution is -0.117. The highest BCUT2D eigenvalue weighted by Crippen LogP contribution is 2.70. The van der Waals surface area contributed by atoms with Crippen LogP contribution in [-0.2, 0) is 17.6 Å². The molecule has 4 heteroatoms. The number of rotatable bonds is 6. The molecule has 24 heavy (non-hydrogen) atoms. The van der Waals surface area contributed by atoms with E-state index in [9.17, 15) is 4.79 Å². The number of hydrogen-bond acceptors (Lipinski definition) is 3. The second-order valence-electron chi connectivity index (χ2n) is 8.33. The Bertz CT molecular complexity index is 711. The largest absolute Gasteiger partial charge is 0.385 e. The van der Waals surface area contributed by atoms with Crippen LogP contribution < -0.4 is 10.6 Å². The van der Waals surface area contributed by atoms with Crippen LogP contribution in [0.25, 0.3) is 5.70 Å². The molecule has 0 aliphatic heterocycles. The highest BCUT2D eigenvalue weighted by Gasteiger charge is 2.65. The smallest absolute Gasteiger partial charge is 0.228 e. The fourth-order valence-electron chi connectivity index (χ4n) is 4.28. The van der Waals surface area contributed by atoms with Gasteiger partial charge in [0.05, 0.1) is 0 Å². The SMILES string of the molecule is C=C(NCC1CC1)c1c(NC(=O)C2CC23CC3)sc2c1CCCC2. The van der Waals surface area contributed by atoms with E-state index in [0.29, 0.717) is 5.41 Å². The molecule has 1 atom stereocenters. The molecule has 0 bridgehead atoms. The van der Waals surface area contributed by atoms with Crippen molar-refractivity contribution < 1.29 is 4.79 Å². The number of hydrogen-bond donors (Lipinski definition) is 2. The molecule has 4 aliphatic rings. The standard InChI is InChI=1S/C20H26N2OS/c1-12(21-11-13-6-7-13)17-14-4-2-3-5-16(14)24-19(17)22-18(23)15-10-20(15)8-9-20/h13,15,21H,1-11H2,(H,22,23). The first-order valence-electron chi connectivity index (χ1n) is 9.55. The number of amides is 1. The Labute approximate surface area is 147 Å². The summed E-state index contributed by atoms with van der Waals surface area (Å²) in [6, 6.07) is 0. The van der Waals surface area contributed by atoms with Crippen LogP contribution in [0.3, 0.4) is 0 Å². The van der Waals surface area contributed by atoms with E-state index < -0.39 is 0 Å². The molecule has 128 valence electrons. The summed E-state index contributed by atoms with van der Waals surface area (Å²) in [5.41, 5.74) is 4.11. The molecule has 1 aromatic heterocycles. The normalized spacial score (nSPS) is 25.9. The van der Waals surface area contributed by atoms with Crippen LogP contribution in [0.4, 0.5) is 5.00 Å². The molecule has 1 heterocycles. The van der Waals surface area contributed by atoms with Gasteiger partial charge in [0, 0.05) is 28.6 Å². The molecule has 2 N–H and O–H groups in total. The van der Waals surface area contributed by atoms with Gasteiger partial charge in [0.15, 0.2) is 0 Å². The summed E-state index contributed by atoms with van der Waals surface area (Å²) < 4.78 is 0. The van der Waals surface area contributed by atoms with Gasteiger partial charge in [-0.1, -0.05) is 6.58 Å². The molecule has 1 amide bonds. The third-order valence-corrected chi connectivity index (χ3v) is 7.62. The molecule has 4 aliphatic carbocycles. The van der Waals surface area contributed by atoms with Crippen LogP contribution in [-0.4, -0.2) is 12.5 Å². The third kappa shape index (κ3) is 2.59. The molecule has 0 aromatic carbocycles. The van der Waals surface area contributed by atoms with Gasteiger partial charge in [-0.15, -0.1) is 11.3 Å². The lowest BCUT2D eigenvalue weighted by atomic mass is 9.94. The fraction of sp³-hybridized carbons (Fsp3) is 0.650. The van der Waals surface area contributed by atoms with Gasteiger partial charge in [0.25, 0.3) is 0 Å². The molecule has 5 rings (SSSR count). The van der Waals surface area contributed by atoms with Crippen molar-refractivity contribution in [3.05, 3.63) is 22.6 Å². The van der Waals surface area contributed by atoms with Crippen LogP contribution in [0.2, 0.25) is 0 Å². The van der Waals surface area contributed by atoms with E-state index in [1.807, 2.05) is 0 Å². The summed E-state index contributed by atoms with van der Waals surface area (Å²) in [6.07, 6.45) is 11.1. The van der Waals surface area contributed by atoms with Gasteiger partial charge < -0.3 is 10.6 Å². The van der Waals surface area contributed by atoms with Crippen molar-refractivity contribution in [2.24, 2.45) is 17.3 Å². The van der Waals surface area contributed by atoms with Gasteiger partial charge in [-0.25, -0.2) is 0 Å². The van der Waals surface area contributed by atoms with E-state index in [0.717, 1.165) is 42.4 Å². The van der Waals surface area contributed by atoms with Gasteiger partial charge in [-0.3, -0.25) is 4.79 Å². The Morgan fingerprint density at radius 1 is 1.25 bits per heavy atom. The minimum atomic E-state index is 0.252. The van der Waals surface area contributed by atoms with E-state index in [1.165, 1.54) is 54.5 Å². The number of carbonyl (C=O) groups is 1. The Balaban J connectivity index is 1.38. The average Bonchev–Trinajstić information content (AvgIpc) is 3.47. The van der Waals surface area contributed by atoms with E-state index >= 15 is 0 Å².